The SMILES string of the molecule is CN1CCN(CC2COC3(CCCN(C(=O)c4cccc5cccnc45)C3)C2)CC1.O=C(O)C(F)(F)F.O=C(O)C(F)(F)F. The number of carboxylic acid groups (broad SMARTS) is 2. The van der Waals surface area contributed by atoms with E-state index in [1.165, 1.54) is 0 Å². The number of piperidine rings is 1. The number of nitrogens with zero attached hydrogens (tertiary/aromatic N) is 4. The van der Waals surface area contributed by atoms with Gasteiger partial charge in [-0.2, -0.15) is 26.3 Å². The van der Waals surface area contributed by atoms with Crippen molar-refractivity contribution in [3.05, 3.63) is 42.1 Å². The van der Waals surface area contributed by atoms with E-state index in [1.807, 2.05) is 35.2 Å². The van der Waals surface area contributed by atoms with Crippen LogP contribution in [0, 0.1) is 5.92 Å². The number of piperazine rings is 1. The molecule has 16 heteroatoms. The minimum atomic E-state index is -5.08. The maximum absolute atomic E-state index is 13.4. The largest absolute Gasteiger partial charge is 0.490 e. The van der Waals surface area contributed by atoms with Gasteiger partial charge in [0.1, 0.15) is 0 Å². The number of amides is 1. The summed E-state index contributed by atoms with van der Waals surface area (Å²) in [7, 11) is 2.20. The summed E-state index contributed by atoms with van der Waals surface area (Å²) in [5.41, 5.74) is 1.34. The number of ether oxygens (including phenoxy) is 1. The van der Waals surface area contributed by atoms with E-state index in [0.717, 1.165) is 76.0 Å². The average molecular weight is 637 g/mol. The molecule has 3 saturated heterocycles. The normalized spacial score (nSPS) is 23.0. The Morgan fingerprint density at radius 2 is 1.55 bits per heavy atom. The molecule has 3 aliphatic rings. The monoisotopic (exact) mass is 636 g/mol. The highest BCUT2D eigenvalue weighted by Crippen LogP contribution is 2.38. The Labute approximate surface area is 249 Å². The van der Waals surface area contributed by atoms with Crippen LogP contribution in [0.2, 0.25) is 0 Å². The summed E-state index contributed by atoms with van der Waals surface area (Å²) < 4.78 is 69.9. The number of alkyl halides is 6. The molecule has 1 aromatic heterocycles. The smallest absolute Gasteiger partial charge is 0.475 e. The van der Waals surface area contributed by atoms with Crippen LogP contribution in [0.25, 0.3) is 10.9 Å². The molecule has 2 N–H and O–H groups in total. The maximum Gasteiger partial charge on any atom is 0.490 e. The van der Waals surface area contributed by atoms with E-state index in [0.29, 0.717) is 18.0 Å². The molecule has 2 aromatic rings. The summed E-state index contributed by atoms with van der Waals surface area (Å²) in [4.78, 5) is 42.7. The van der Waals surface area contributed by atoms with Gasteiger partial charge < -0.3 is 29.6 Å². The number of aromatic nitrogens is 1. The number of likely N-dealkylation sites (N-methyl/N-ethyl adjacent to an activating group) is 1. The number of halogens is 6. The number of benzene rings is 1. The van der Waals surface area contributed by atoms with Gasteiger partial charge in [0.05, 0.1) is 23.3 Å². The number of carbonyl (C=O) groups is 3. The second-order valence-electron chi connectivity index (χ2n) is 11.0. The van der Waals surface area contributed by atoms with Crippen molar-refractivity contribution in [2.75, 3.05) is 59.5 Å². The Bertz CT molecular complexity index is 1270. The molecule has 3 aliphatic heterocycles. The molecule has 2 unspecified atom stereocenters. The zero-order chi connectivity index (χ0) is 32.7. The van der Waals surface area contributed by atoms with E-state index < -0.39 is 24.3 Å². The molecule has 4 heterocycles. The summed E-state index contributed by atoms with van der Waals surface area (Å²) in [6, 6.07) is 9.80. The fourth-order valence-electron chi connectivity index (χ4n) is 5.45. The lowest BCUT2D eigenvalue weighted by Gasteiger charge is -2.40. The number of para-hydroxylation sites is 1. The van der Waals surface area contributed by atoms with Gasteiger partial charge in [-0.05, 0) is 44.4 Å². The number of carboxylic acids is 2. The molecule has 0 aliphatic carbocycles. The topological polar surface area (TPSA) is 124 Å². The lowest BCUT2D eigenvalue weighted by atomic mass is 9.86. The lowest BCUT2D eigenvalue weighted by molar-refractivity contribution is -0.193. The van der Waals surface area contributed by atoms with Crippen molar-refractivity contribution in [1.29, 1.82) is 0 Å². The van der Waals surface area contributed by atoms with E-state index in [1.54, 1.807) is 6.20 Å². The third kappa shape index (κ3) is 9.75. The minimum Gasteiger partial charge on any atom is -0.475 e. The molecule has 1 amide bonds. The van der Waals surface area contributed by atoms with E-state index in [2.05, 4.69) is 21.8 Å². The molecule has 44 heavy (non-hydrogen) atoms. The molecule has 1 aromatic carbocycles. The van der Waals surface area contributed by atoms with Crippen LogP contribution in [0.1, 0.15) is 29.6 Å². The van der Waals surface area contributed by atoms with Crippen molar-refractivity contribution in [3.8, 4) is 0 Å². The molecule has 2 atom stereocenters. The molecule has 1 spiro atoms. The highest BCUT2D eigenvalue weighted by atomic mass is 19.4. The number of fused-ring (bicyclic) bond motifs is 1. The van der Waals surface area contributed by atoms with Gasteiger partial charge in [-0.1, -0.05) is 18.2 Å². The Balaban J connectivity index is 0.000000317. The lowest BCUT2D eigenvalue weighted by Crippen LogP contribution is -2.50. The van der Waals surface area contributed by atoms with Crippen LogP contribution in [0.5, 0.6) is 0 Å². The van der Waals surface area contributed by atoms with Crippen molar-refractivity contribution < 1.29 is 55.7 Å². The van der Waals surface area contributed by atoms with Gasteiger partial charge in [-0.3, -0.25) is 9.78 Å². The number of aliphatic carboxylic acids is 2. The van der Waals surface area contributed by atoms with Gasteiger partial charge >= 0.3 is 24.3 Å². The van der Waals surface area contributed by atoms with Crippen molar-refractivity contribution >= 4 is 28.7 Å². The molecule has 3 fully saturated rings. The van der Waals surface area contributed by atoms with Gasteiger partial charge in [-0.15, -0.1) is 0 Å². The molecule has 244 valence electrons. The van der Waals surface area contributed by atoms with Gasteiger partial charge in [0, 0.05) is 57.4 Å². The molecule has 0 radical (unpaired) electrons. The van der Waals surface area contributed by atoms with Crippen LogP contribution in [0.15, 0.2) is 36.5 Å². The summed E-state index contributed by atoms with van der Waals surface area (Å²) >= 11 is 0. The average Bonchev–Trinajstić information content (AvgIpc) is 3.34. The quantitative estimate of drug-likeness (QED) is 0.485. The fourth-order valence-corrected chi connectivity index (χ4v) is 5.45. The molecular formula is C28H34F6N4O6. The highest BCUT2D eigenvalue weighted by molar-refractivity contribution is 6.05. The molecule has 0 saturated carbocycles. The minimum absolute atomic E-state index is 0.0875. The molecular weight excluding hydrogens is 602 g/mol. The Hall–Kier alpha value is -3.50. The van der Waals surface area contributed by atoms with E-state index in [4.69, 9.17) is 24.5 Å². The second kappa shape index (κ2) is 14.5. The fraction of sp³-hybridized carbons (Fsp3) is 0.571. The third-order valence-corrected chi connectivity index (χ3v) is 7.57. The Morgan fingerprint density at radius 1 is 0.955 bits per heavy atom. The van der Waals surface area contributed by atoms with Gasteiger partial charge in [0.15, 0.2) is 0 Å². The first kappa shape index (κ1) is 35.0. The molecule has 0 bridgehead atoms. The van der Waals surface area contributed by atoms with Crippen molar-refractivity contribution in [1.82, 2.24) is 19.7 Å². The van der Waals surface area contributed by atoms with Gasteiger partial charge in [0.25, 0.3) is 5.91 Å². The van der Waals surface area contributed by atoms with Crippen LogP contribution in [0.4, 0.5) is 26.3 Å². The van der Waals surface area contributed by atoms with Gasteiger partial charge in [-0.25, -0.2) is 9.59 Å². The van der Waals surface area contributed by atoms with E-state index >= 15 is 0 Å². The predicted molar refractivity (Wildman–Crippen MR) is 145 cm³/mol. The predicted octanol–water partition coefficient (Wildman–Crippen LogP) is 3.76. The van der Waals surface area contributed by atoms with Crippen molar-refractivity contribution in [2.24, 2.45) is 5.92 Å². The first-order valence-corrected chi connectivity index (χ1v) is 13.8. The van der Waals surface area contributed by atoms with Crippen LogP contribution < -0.4 is 0 Å². The first-order chi connectivity index (χ1) is 20.5. The first-order valence-electron chi connectivity index (χ1n) is 13.8. The standard InChI is InChI=1S/C24H32N4O2.2C2HF3O2/c1-26-11-13-27(14-12-26)16-19-15-24(30-17-19)8-4-10-28(18-24)23(29)21-7-2-5-20-6-3-9-25-22(20)21;2*3-2(4,5)1(6)7/h2-3,5-7,9,19H,4,8,10-18H2,1H3;2*(H,6,7). The zero-order valence-electron chi connectivity index (χ0n) is 23.9. The number of hydrogen-bond donors (Lipinski definition) is 2. The van der Waals surface area contributed by atoms with E-state index in [9.17, 15) is 31.1 Å². The third-order valence-electron chi connectivity index (χ3n) is 7.57. The Morgan fingerprint density at radius 3 is 2.14 bits per heavy atom. The van der Waals surface area contributed by atoms with E-state index in [-0.39, 0.29) is 11.5 Å². The number of likely N-dealkylation sites (tertiary alicyclic amines) is 1. The second-order valence-corrected chi connectivity index (χ2v) is 11.0. The molecule has 10 nitrogen and oxygen atoms in total. The number of carbonyl (C=O) groups excluding carboxylic acids is 1. The van der Waals surface area contributed by atoms with Crippen LogP contribution in [0.3, 0.4) is 0 Å². The number of pyridine rings is 1. The Kier molecular flexibility index (Phi) is 11.5. The zero-order valence-corrected chi connectivity index (χ0v) is 23.9. The number of rotatable bonds is 3. The maximum atomic E-state index is 13.4. The summed E-state index contributed by atoms with van der Waals surface area (Å²) in [5, 5.41) is 15.3. The van der Waals surface area contributed by atoms with Crippen molar-refractivity contribution in [2.45, 2.75) is 37.2 Å². The highest BCUT2D eigenvalue weighted by Gasteiger charge is 2.45. The van der Waals surface area contributed by atoms with Crippen LogP contribution >= 0.6 is 0 Å². The summed E-state index contributed by atoms with van der Waals surface area (Å²) in [6.45, 7) is 8.06. The summed E-state index contributed by atoms with van der Waals surface area (Å²) in [6.07, 6.45) is -5.27. The van der Waals surface area contributed by atoms with Gasteiger partial charge in [0.2, 0.25) is 0 Å². The van der Waals surface area contributed by atoms with Crippen molar-refractivity contribution in [3.63, 3.8) is 0 Å². The summed E-state index contributed by atoms with van der Waals surface area (Å²) in [5.74, 6) is -4.85. The van der Waals surface area contributed by atoms with Crippen LogP contribution in [-0.4, -0.2) is 125 Å². The number of hydrogen-bond acceptors (Lipinski definition) is 7. The molecule has 5 rings (SSSR count). The van der Waals surface area contributed by atoms with Crippen LogP contribution in [-0.2, 0) is 14.3 Å².